The molecular formula is C10H4F4NS. The zero-order chi connectivity index (χ0) is 11.8. The molecule has 0 saturated heterocycles. The van der Waals surface area contributed by atoms with Gasteiger partial charge in [0.2, 0.25) is 0 Å². The molecule has 1 heterocycles. The number of thiazole rings is 1. The van der Waals surface area contributed by atoms with Gasteiger partial charge in [0, 0.05) is 10.9 Å². The SMILES string of the molecule is Fc1cc(-c2cs[c]n2)cc(C(F)(F)F)c1. The van der Waals surface area contributed by atoms with Gasteiger partial charge in [0.25, 0.3) is 0 Å². The van der Waals surface area contributed by atoms with Crippen molar-refractivity contribution in [2.24, 2.45) is 0 Å². The van der Waals surface area contributed by atoms with Gasteiger partial charge in [-0.1, -0.05) is 0 Å². The molecule has 0 saturated carbocycles. The van der Waals surface area contributed by atoms with Crippen LogP contribution in [0.1, 0.15) is 5.56 Å². The first-order valence-electron chi connectivity index (χ1n) is 4.16. The molecule has 0 aliphatic carbocycles. The molecule has 1 nitrogen and oxygen atoms in total. The number of aromatic nitrogens is 1. The van der Waals surface area contributed by atoms with Gasteiger partial charge in [-0.05, 0) is 18.2 Å². The molecule has 0 spiro atoms. The van der Waals surface area contributed by atoms with Gasteiger partial charge in [-0.3, -0.25) is 0 Å². The minimum atomic E-state index is -4.56. The Labute approximate surface area is 92.4 Å². The third-order valence-corrected chi connectivity index (χ3v) is 2.45. The zero-order valence-corrected chi connectivity index (χ0v) is 8.49. The molecule has 0 unspecified atom stereocenters. The molecule has 0 amide bonds. The van der Waals surface area contributed by atoms with E-state index in [9.17, 15) is 17.6 Å². The third-order valence-electron chi connectivity index (χ3n) is 1.91. The summed E-state index contributed by atoms with van der Waals surface area (Å²) in [4.78, 5) is 3.71. The Morgan fingerprint density at radius 3 is 2.50 bits per heavy atom. The van der Waals surface area contributed by atoms with Crippen LogP contribution in [0.3, 0.4) is 0 Å². The lowest BCUT2D eigenvalue weighted by Crippen LogP contribution is -2.05. The highest BCUT2D eigenvalue weighted by molar-refractivity contribution is 7.07. The summed E-state index contributed by atoms with van der Waals surface area (Å²) in [7, 11) is 0. The molecule has 2 rings (SSSR count). The van der Waals surface area contributed by atoms with Crippen molar-refractivity contribution in [3.63, 3.8) is 0 Å². The summed E-state index contributed by atoms with van der Waals surface area (Å²) < 4.78 is 50.2. The number of hydrogen-bond donors (Lipinski definition) is 0. The lowest BCUT2D eigenvalue weighted by Gasteiger charge is -2.08. The summed E-state index contributed by atoms with van der Waals surface area (Å²) in [5.41, 5.74) is 1.86. The monoisotopic (exact) mass is 246 g/mol. The van der Waals surface area contributed by atoms with Crippen LogP contribution >= 0.6 is 11.3 Å². The Morgan fingerprint density at radius 1 is 1.19 bits per heavy atom. The van der Waals surface area contributed by atoms with Crippen LogP contribution in [-0.4, -0.2) is 4.98 Å². The van der Waals surface area contributed by atoms with Gasteiger partial charge in [0.15, 0.2) is 5.51 Å². The molecular weight excluding hydrogens is 242 g/mol. The van der Waals surface area contributed by atoms with E-state index in [1.165, 1.54) is 5.38 Å². The third kappa shape index (κ3) is 2.21. The average molecular weight is 246 g/mol. The van der Waals surface area contributed by atoms with E-state index in [0.717, 1.165) is 23.5 Å². The van der Waals surface area contributed by atoms with Crippen molar-refractivity contribution in [1.82, 2.24) is 4.98 Å². The van der Waals surface area contributed by atoms with Crippen LogP contribution in [0.4, 0.5) is 17.6 Å². The topological polar surface area (TPSA) is 12.9 Å². The molecule has 0 atom stereocenters. The number of hydrogen-bond acceptors (Lipinski definition) is 2. The van der Waals surface area contributed by atoms with Crippen LogP contribution in [0.15, 0.2) is 23.6 Å². The second kappa shape index (κ2) is 3.86. The largest absolute Gasteiger partial charge is 0.416 e. The van der Waals surface area contributed by atoms with Crippen LogP contribution in [0.5, 0.6) is 0 Å². The van der Waals surface area contributed by atoms with Crippen LogP contribution in [-0.2, 0) is 6.18 Å². The van der Waals surface area contributed by atoms with E-state index < -0.39 is 17.6 Å². The Bertz CT molecular complexity index is 490. The van der Waals surface area contributed by atoms with Gasteiger partial charge in [0.1, 0.15) is 5.82 Å². The summed E-state index contributed by atoms with van der Waals surface area (Å²) >= 11 is 1.11. The molecule has 0 aliphatic heterocycles. The highest BCUT2D eigenvalue weighted by atomic mass is 32.1. The molecule has 16 heavy (non-hydrogen) atoms. The van der Waals surface area contributed by atoms with Crippen molar-refractivity contribution >= 4 is 11.3 Å². The van der Waals surface area contributed by atoms with Crippen LogP contribution in [0.2, 0.25) is 0 Å². The van der Waals surface area contributed by atoms with E-state index in [1.807, 2.05) is 0 Å². The van der Waals surface area contributed by atoms with E-state index in [4.69, 9.17) is 0 Å². The highest BCUT2D eigenvalue weighted by Crippen LogP contribution is 2.32. The Balaban J connectivity index is 2.53. The maximum absolute atomic E-state index is 13.0. The fourth-order valence-corrected chi connectivity index (χ4v) is 1.72. The van der Waals surface area contributed by atoms with Crippen molar-refractivity contribution < 1.29 is 17.6 Å². The number of rotatable bonds is 1. The smallest absolute Gasteiger partial charge is 0.233 e. The zero-order valence-electron chi connectivity index (χ0n) is 7.68. The first-order valence-corrected chi connectivity index (χ1v) is 5.04. The lowest BCUT2D eigenvalue weighted by molar-refractivity contribution is -0.137. The van der Waals surface area contributed by atoms with Crippen LogP contribution in [0, 0.1) is 11.3 Å². The summed E-state index contributed by atoms with van der Waals surface area (Å²) in [6, 6.07) is 2.34. The second-order valence-electron chi connectivity index (χ2n) is 3.05. The summed E-state index contributed by atoms with van der Waals surface area (Å²) in [5, 5.41) is 1.51. The maximum atomic E-state index is 13.0. The van der Waals surface area contributed by atoms with Crippen molar-refractivity contribution in [3.05, 3.63) is 40.5 Å². The van der Waals surface area contributed by atoms with E-state index in [-0.39, 0.29) is 11.3 Å². The lowest BCUT2D eigenvalue weighted by atomic mass is 10.1. The number of alkyl halides is 3. The standard InChI is InChI=1S/C10H4F4NS/c11-8-2-6(9-4-16-5-15-9)1-7(3-8)10(12,13)14/h1-4H. The predicted molar refractivity (Wildman–Crippen MR) is 51.3 cm³/mol. The molecule has 0 bridgehead atoms. The van der Waals surface area contributed by atoms with Crippen LogP contribution in [0.25, 0.3) is 11.3 Å². The fraction of sp³-hybridized carbons (Fsp3) is 0.100. The molecule has 0 fully saturated rings. The Morgan fingerprint density at radius 2 is 1.94 bits per heavy atom. The molecule has 83 valence electrons. The molecule has 1 aromatic heterocycles. The summed E-state index contributed by atoms with van der Waals surface area (Å²) in [6.07, 6.45) is -4.56. The van der Waals surface area contributed by atoms with Gasteiger partial charge in [-0.15, -0.1) is 11.3 Å². The second-order valence-corrected chi connectivity index (χ2v) is 3.70. The van der Waals surface area contributed by atoms with Gasteiger partial charge in [-0.25, -0.2) is 9.37 Å². The van der Waals surface area contributed by atoms with Crippen LogP contribution < -0.4 is 0 Å². The summed E-state index contributed by atoms with van der Waals surface area (Å²) in [5.74, 6) is -0.933. The van der Waals surface area contributed by atoms with Gasteiger partial charge < -0.3 is 0 Å². The van der Waals surface area contributed by atoms with Crippen molar-refractivity contribution in [2.75, 3.05) is 0 Å². The highest BCUT2D eigenvalue weighted by Gasteiger charge is 2.31. The van der Waals surface area contributed by atoms with Crippen molar-refractivity contribution in [3.8, 4) is 11.3 Å². The van der Waals surface area contributed by atoms with Gasteiger partial charge in [0.05, 0.1) is 11.3 Å². The molecule has 1 aromatic carbocycles. The predicted octanol–water partition coefficient (Wildman–Crippen LogP) is 3.77. The fourth-order valence-electron chi connectivity index (χ4n) is 1.22. The van der Waals surface area contributed by atoms with E-state index in [1.54, 1.807) is 0 Å². The average Bonchev–Trinajstić information content (AvgIpc) is 2.68. The first kappa shape index (κ1) is 11.1. The Kier molecular flexibility index (Phi) is 2.67. The van der Waals surface area contributed by atoms with E-state index in [2.05, 4.69) is 10.5 Å². The number of benzene rings is 1. The molecule has 2 aromatic rings. The van der Waals surface area contributed by atoms with Crippen molar-refractivity contribution in [2.45, 2.75) is 6.18 Å². The first-order chi connectivity index (χ1) is 7.47. The number of halogens is 4. The normalized spacial score (nSPS) is 11.8. The quantitative estimate of drug-likeness (QED) is 0.698. The molecule has 1 radical (unpaired) electrons. The number of nitrogens with zero attached hydrogens (tertiary/aromatic N) is 1. The van der Waals surface area contributed by atoms with Gasteiger partial charge >= 0.3 is 6.18 Å². The van der Waals surface area contributed by atoms with Gasteiger partial charge in [-0.2, -0.15) is 13.2 Å². The van der Waals surface area contributed by atoms with Crippen molar-refractivity contribution in [1.29, 1.82) is 0 Å². The molecule has 0 N–H and O–H groups in total. The molecule has 6 heteroatoms. The minimum Gasteiger partial charge on any atom is -0.233 e. The Hall–Kier alpha value is -1.43. The molecule has 0 aliphatic rings. The summed E-state index contributed by atoms with van der Waals surface area (Å²) in [6.45, 7) is 0. The minimum absolute atomic E-state index is 0.102. The maximum Gasteiger partial charge on any atom is 0.416 e. The van der Waals surface area contributed by atoms with E-state index >= 15 is 0 Å². The van der Waals surface area contributed by atoms with E-state index in [0.29, 0.717) is 6.07 Å².